The highest BCUT2D eigenvalue weighted by Gasteiger charge is 2.36. The van der Waals surface area contributed by atoms with E-state index in [9.17, 15) is 4.79 Å². The van der Waals surface area contributed by atoms with Crippen molar-refractivity contribution in [2.24, 2.45) is 5.73 Å². The Hall–Kier alpha value is -1.43. The fourth-order valence-corrected chi connectivity index (χ4v) is 3.97. The first kappa shape index (κ1) is 18.4. The number of likely N-dealkylation sites (N-methyl/N-ethyl adjacent to an activating group) is 1. The molecule has 1 aromatic rings. The van der Waals surface area contributed by atoms with Crippen molar-refractivity contribution in [1.82, 2.24) is 15.1 Å². The zero-order valence-electron chi connectivity index (χ0n) is 15.5. The first-order valence-corrected chi connectivity index (χ1v) is 9.69. The Labute approximate surface area is 151 Å². The predicted octanol–water partition coefficient (Wildman–Crippen LogP) is 1.71. The van der Waals surface area contributed by atoms with Crippen LogP contribution in [0.2, 0.25) is 0 Å². The van der Waals surface area contributed by atoms with Crippen molar-refractivity contribution in [3.8, 4) is 0 Å². The second-order valence-electron chi connectivity index (χ2n) is 7.53. The van der Waals surface area contributed by atoms with Gasteiger partial charge in [-0.3, -0.25) is 9.69 Å². The van der Waals surface area contributed by atoms with Crippen LogP contribution in [0.4, 0.5) is 0 Å². The van der Waals surface area contributed by atoms with Gasteiger partial charge < -0.3 is 16.0 Å². The molecule has 1 aromatic carbocycles. The minimum Gasteiger partial charge on any atom is -0.350 e. The number of carbonyl (C=O) groups excluding carboxylic acids is 1. The summed E-state index contributed by atoms with van der Waals surface area (Å²) in [5.41, 5.74) is 8.12. The van der Waals surface area contributed by atoms with E-state index in [1.807, 2.05) is 6.07 Å². The standard InChI is InChI=1S/C20H32N4O/c1-2-23-11-13-24(14-12-23)16-18-8-4-3-7-17(18)15-22-19(25)20(21)9-5-6-10-20/h3-4,7-8H,2,5-6,9-16,21H2,1H3,(H,22,25). The van der Waals surface area contributed by atoms with Gasteiger partial charge in [0.15, 0.2) is 0 Å². The molecule has 0 bridgehead atoms. The summed E-state index contributed by atoms with van der Waals surface area (Å²) in [4.78, 5) is 17.5. The normalized spacial score (nSPS) is 21.4. The lowest BCUT2D eigenvalue weighted by molar-refractivity contribution is -0.126. The molecule has 0 spiro atoms. The SMILES string of the molecule is CCN1CCN(Cc2ccccc2CNC(=O)C2(N)CCCC2)CC1. The number of hydrogen-bond donors (Lipinski definition) is 2. The molecule has 1 amide bonds. The third-order valence-electron chi connectivity index (χ3n) is 5.81. The third-order valence-corrected chi connectivity index (χ3v) is 5.81. The summed E-state index contributed by atoms with van der Waals surface area (Å²) in [6.45, 7) is 9.40. The van der Waals surface area contributed by atoms with E-state index >= 15 is 0 Å². The Bertz CT molecular complexity index is 575. The molecule has 0 radical (unpaired) electrons. The smallest absolute Gasteiger partial charge is 0.240 e. The lowest BCUT2D eigenvalue weighted by Crippen LogP contribution is -2.51. The summed E-state index contributed by atoms with van der Waals surface area (Å²) in [6.07, 6.45) is 3.73. The summed E-state index contributed by atoms with van der Waals surface area (Å²) in [5, 5.41) is 3.08. The lowest BCUT2D eigenvalue weighted by atomic mass is 9.98. The number of carbonyl (C=O) groups is 1. The van der Waals surface area contributed by atoms with Gasteiger partial charge in [0, 0.05) is 39.3 Å². The maximum absolute atomic E-state index is 12.5. The molecule has 0 atom stereocenters. The van der Waals surface area contributed by atoms with Gasteiger partial charge in [-0.2, -0.15) is 0 Å². The van der Waals surface area contributed by atoms with Crippen molar-refractivity contribution in [2.45, 2.75) is 51.2 Å². The zero-order valence-corrected chi connectivity index (χ0v) is 15.5. The molecule has 1 aliphatic carbocycles. The van der Waals surface area contributed by atoms with E-state index in [-0.39, 0.29) is 5.91 Å². The number of rotatable bonds is 6. The Morgan fingerprint density at radius 1 is 1.08 bits per heavy atom. The van der Waals surface area contributed by atoms with Crippen molar-refractivity contribution in [3.63, 3.8) is 0 Å². The van der Waals surface area contributed by atoms with Crippen LogP contribution in [-0.4, -0.2) is 54.0 Å². The van der Waals surface area contributed by atoms with Crippen LogP contribution in [0.25, 0.3) is 0 Å². The Morgan fingerprint density at radius 2 is 1.68 bits per heavy atom. The zero-order chi connectivity index (χ0) is 17.7. The van der Waals surface area contributed by atoms with Crippen LogP contribution in [0.1, 0.15) is 43.7 Å². The maximum Gasteiger partial charge on any atom is 0.240 e. The molecule has 2 aliphatic rings. The Kier molecular flexibility index (Phi) is 6.10. The first-order chi connectivity index (χ1) is 12.1. The minimum absolute atomic E-state index is 0.0105. The van der Waals surface area contributed by atoms with Gasteiger partial charge in [0.2, 0.25) is 5.91 Å². The van der Waals surface area contributed by atoms with Crippen LogP contribution >= 0.6 is 0 Å². The largest absolute Gasteiger partial charge is 0.350 e. The molecule has 0 unspecified atom stereocenters. The van der Waals surface area contributed by atoms with Gasteiger partial charge in [-0.15, -0.1) is 0 Å². The summed E-state index contributed by atoms with van der Waals surface area (Å²) < 4.78 is 0. The molecule has 0 aromatic heterocycles. The van der Waals surface area contributed by atoms with Crippen molar-refractivity contribution < 1.29 is 4.79 Å². The molecule has 5 heteroatoms. The molecule has 3 rings (SSSR count). The highest BCUT2D eigenvalue weighted by molar-refractivity contribution is 5.86. The van der Waals surface area contributed by atoms with Crippen LogP contribution in [0, 0.1) is 0 Å². The van der Waals surface area contributed by atoms with Gasteiger partial charge >= 0.3 is 0 Å². The molecule has 1 saturated carbocycles. The molecule has 2 fully saturated rings. The van der Waals surface area contributed by atoms with Gasteiger partial charge in [0.05, 0.1) is 5.54 Å². The number of nitrogens with two attached hydrogens (primary N) is 1. The summed E-state index contributed by atoms with van der Waals surface area (Å²) >= 11 is 0. The molecule has 25 heavy (non-hydrogen) atoms. The molecule has 1 heterocycles. The molecule has 5 nitrogen and oxygen atoms in total. The van der Waals surface area contributed by atoms with Gasteiger partial charge in [-0.05, 0) is 30.5 Å². The molecule has 3 N–H and O–H groups in total. The monoisotopic (exact) mass is 344 g/mol. The average molecular weight is 345 g/mol. The van der Waals surface area contributed by atoms with E-state index in [2.05, 4.69) is 40.2 Å². The van der Waals surface area contributed by atoms with Crippen molar-refractivity contribution in [1.29, 1.82) is 0 Å². The number of nitrogens with one attached hydrogen (secondary N) is 1. The van der Waals surface area contributed by atoms with Crippen LogP contribution in [0.3, 0.4) is 0 Å². The Morgan fingerprint density at radius 3 is 2.32 bits per heavy atom. The second kappa shape index (κ2) is 8.30. The van der Waals surface area contributed by atoms with E-state index in [1.165, 1.54) is 11.1 Å². The maximum atomic E-state index is 12.5. The van der Waals surface area contributed by atoms with Crippen LogP contribution in [0.15, 0.2) is 24.3 Å². The second-order valence-corrected chi connectivity index (χ2v) is 7.53. The first-order valence-electron chi connectivity index (χ1n) is 9.69. The number of benzene rings is 1. The molecular formula is C20H32N4O. The number of piperazine rings is 1. The molecule has 1 saturated heterocycles. The third kappa shape index (κ3) is 4.60. The fraction of sp³-hybridized carbons (Fsp3) is 0.650. The van der Waals surface area contributed by atoms with E-state index in [4.69, 9.17) is 5.73 Å². The predicted molar refractivity (Wildman–Crippen MR) is 101 cm³/mol. The molecule has 138 valence electrons. The fourth-order valence-electron chi connectivity index (χ4n) is 3.97. The van der Waals surface area contributed by atoms with E-state index in [1.54, 1.807) is 0 Å². The number of nitrogens with zero attached hydrogens (tertiary/aromatic N) is 2. The highest BCUT2D eigenvalue weighted by atomic mass is 16.2. The van der Waals surface area contributed by atoms with Crippen molar-refractivity contribution in [3.05, 3.63) is 35.4 Å². The average Bonchev–Trinajstić information content (AvgIpc) is 3.09. The minimum atomic E-state index is -0.647. The highest BCUT2D eigenvalue weighted by Crippen LogP contribution is 2.27. The van der Waals surface area contributed by atoms with Crippen LogP contribution < -0.4 is 11.1 Å². The Balaban J connectivity index is 1.56. The van der Waals surface area contributed by atoms with Gasteiger partial charge in [0.25, 0.3) is 0 Å². The van der Waals surface area contributed by atoms with E-state index < -0.39 is 5.54 Å². The van der Waals surface area contributed by atoms with Gasteiger partial charge in [0.1, 0.15) is 0 Å². The van der Waals surface area contributed by atoms with Gasteiger partial charge in [-0.25, -0.2) is 0 Å². The van der Waals surface area contributed by atoms with Crippen molar-refractivity contribution >= 4 is 5.91 Å². The van der Waals surface area contributed by atoms with Crippen LogP contribution in [0.5, 0.6) is 0 Å². The topological polar surface area (TPSA) is 61.6 Å². The van der Waals surface area contributed by atoms with E-state index in [0.29, 0.717) is 6.54 Å². The molecule has 1 aliphatic heterocycles. The quantitative estimate of drug-likeness (QED) is 0.825. The van der Waals surface area contributed by atoms with Crippen molar-refractivity contribution in [2.75, 3.05) is 32.7 Å². The summed E-state index contributed by atoms with van der Waals surface area (Å²) in [6, 6.07) is 8.44. The lowest BCUT2D eigenvalue weighted by Gasteiger charge is -2.34. The summed E-state index contributed by atoms with van der Waals surface area (Å²) in [5.74, 6) is 0.0105. The summed E-state index contributed by atoms with van der Waals surface area (Å²) in [7, 11) is 0. The number of hydrogen-bond acceptors (Lipinski definition) is 4. The molecular weight excluding hydrogens is 312 g/mol. The van der Waals surface area contributed by atoms with Gasteiger partial charge in [-0.1, -0.05) is 44.0 Å². The van der Waals surface area contributed by atoms with E-state index in [0.717, 1.165) is 65.0 Å². The number of amides is 1. The van der Waals surface area contributed by atoms with Crippen LogP contribution in [-0.2, 0) is 17.9 Å².